The summed E-state index contributed by atoms with van der Waals surface area (Å²) in [6.45, 7) is 0. The fraction of sp³-hybridized carbons (Fsp3) is 0. The van der Waals surface area contributed by atoms with Crippen LogP contribution in [0.2, 0.25) is 0 Å². The molecule has 0 radical (unpaired) electrons. The summed E-state index contributed by atoms with van der Waals surface area (Å²) >= 11 is 0. The standard InChI is InChI=1S/C36H23N7O/c1-2-12-35-31(11-1)40-36(44-35)29-23-34-28(22-33(29)42-19-7-17-39-42)27-21-25(41-18-6-16-38-41)13-14-32(27)43(34)26-9-5-8-24(20-26)30-10-3-4-15-37-30/h1-23H. The molecule has 0 bridgehead atoms. The first-order chi connectivity index (χ1) is 21.8. The molecule has 5 aromatic heterocycles. The summed E-state index contributed by atoms with van der Waals surface area (Å²) in [5.74, 6) is 0.537. The molecule has 8 nitrogen and oxygen atoms in total. The Kier molecular flexibility index (Phi) is 5.33. The summed E-state index contributed by atoms with van der Waals surface area (Å²) in [6.07, 6.45) is 9.29. The van der Waals surface area contributed by atoms with Crippen LogP contribution in [0.5, 0.6) is 0 Å². The second-order valence-corrected chi connectivity index (χ2v) is 10.6. The number of hydrogen-bond acceptors (Lipinski definition) is 5. The molecule has 0 aliphatic heterocycles. The molecule has 0 aliphatic rings. The van der Waals surface area contributed by atoms with Gasteiger partial charge in [0.25, 0.3) is 0 Å². The predicted octanol–water partition coefficient (Wildman–Crippen LogP) is 8.03. The average Bonchev–Trinajstić information content (AvgIpc) is 3.90. The molecule has 9 aromatic rings. The summed E-state index contributed by atoms with van der Waals surface area (Å²) in [5.41, 5.74) is 9.31. The molecular formula is C36H23N7O. The van der Waals surface area contributed by atoms with Crippen LogP contribution in [0.15, 0.2) is 145 Å². The Labute approximate surface area is 251 Å². The van der Waals surface area contributed by atoms with E-state index in [1.165, 1.54) is 0 Å². The molecule has 0 aliphatic carbocycles. The van der Waals surface area contributed by atoms with Crippen LogP contribution >= 0.6 is 0 Å². The van der Waals surface area contributed by atoms with Crippen molar-refractivity contribution >= 4 is 32.9 Å². The van der Waals surface area contributed by atoms with E-state index in [2.05, 4.69) is 74.3 Å². The quantitative estimate of drug-likeness (QED) is 0.210. The average molecular weight is 570 g/mol. The summed E-state index contributed by atoms with van der Waals surface area (Å²) in [6, 6.07) is 36.9. The highest BCUT2D eigenvalue weighted by Crippen LogP contribution is 2.39. The van der Waals surface area contributed by atoms with Gasteiger partial charge in [0.1, 0.15) is 5.52 Å². The smallest absolute Gasteiger partial charge is 0.229 e. The van der Waals surface area contributed by atoms with Crippen molar-refractivity contribution in [3.63, 3.8) is 0 Å². The molecule has 0 amide bonds. The third kappa shape index (κ3) is 3.85. The molecule has 44 heavy (non-hydrogen) atoms. The Balaban J connectivity index is 1.37. The van der Waals surface area contributed by atoms with Gasteiger partial charge in [-0.05, 0) is 78.9 Å². The van der Waals surface area contributed by atoms with Gasteiger partial charge < -0.3 is 8.98 Å². The monoisotopic (exact) mass is 569 g/mol. The van der Waals surface area contributed by atoms with Crippen molar-refractivity contribution in [3.05, 3.63) is 140 Å². The van der Waals surface area contributed by atoms with Crippen LogP contribution in [0.3, 0.4) is 0 Å². The predicted molar refractivity (Wildman–Crippen MR) is 171 cm³/mol. The SMILES string of the molecule is c1ccc(-c2cccc(-n3c4ccc(-n5cccn5)cc4c4cc(-n5cccn5)c(-c5nc6ccccc6o5)cc43)c2)nc1. The second-order valence-electron chi connectivity index (χ2n) is 10.6. The van der Waals surface area contributed by atoms with Gasteiger partial charge in [0.05, 0.1) is 33.7 Å². The first kappa shape index (κ1) is 24.3. The lowest BCUT2D eigenvalue weighted by atomic mass is 10.1. The normalized spacial score (nSPS) is 11.6. The maximum atomic E-state index is 6.33. The van der Waals surface area contributed by atoms with Gasteiger partial charge in [-0.15, -0.1) is 0 Å². The van der Waals surface area contributed by atoms with Crippen molar-refractivity contribution in [2.45, 2.75) is 0 Å². The summed E-state index contributed by atoms with van der Waals surface area (Å²) in [5, 5.41) is 11.2. The Bertz CT molecular complexity index is 2400. The summed E-state index contributed by atoms with van der Waals surface area (Å²) < 4.78 is 12.4. The van der Waals surface area contributed by atoms with Crippen LogP contribution in [0.1, 0.15) is 0 Å². The third-order valence-corrected chi connectivity index (χ3v) is 7.98. The molecule has 4 aromatic carbocycles. The van der Waals surface area contributed by atoms with E-state index in [9.17, 15) is 0 Å². The molecule has 5 heterocycles. The van der Waals surface area contributed by atoms with E-state index >= 15 is 0 Å². The van der Waals surface area contributed by atoms with Gasteiger partial charge in [0, 0.05) is 53.0 Å². The van der Waals surface area contributed by atoms with E-state index in [1.807, 2.05) is 82.6 Å². The second kappa shape index (κ2) is 9.64. The fourth-order valence-corrected chi connectivity index (χ4v) is 5.98. The van der Waals surface area contributed by atoms with Gasteiger partial charge in [-0.25, -0.2) is 14.3 Å². The molecule has 0 saturated heterocycles. The van der Waals surface area contributed by atoms with E-state index in [4.69, 9.17) is 9.40 Å². The number of fused-ring (bicyclic) bond motifs is 4. The van der Waals surface area contributed by atoms with Gasteiger partial charge in [-0.1, -0.05) is 30.3 Å². The van der Waals surface area contributed by atoms with Crippen molar-refractivity contribution < 1.29 is 4.42 Å². The number of oxazole rings is 1. The maximum absolute atomic E-state index is 6.33. The van der Waals surface area contributed by atoms with Gasteiger partial charge in [-0.2, -0.15) is 10.2 Å². The minimum Gasteiger partial charge on any atom is -0.436 e. The molecule has 8 heteroatoms. The molecule has 0 saturated carbocycles. The lowest BCUT2D eigenvalue weighted by molar-refractivity contribution is 0.619. The zero-order valence-electron chi connectivity index (χ0n) is 23.3. The Morgan fingerprint density at radius 1 is 0.591 bits per heavy atom. The number of pyridine rings is 1. The van der Waals surface area contributed by atoms with Crippen molar-refractivity contribution in [2.24, 2.45) is 0 Å². The van der Waals surface area contributed by atoms with Crippen LogP contribution in [0, 0.1) is 0 Å². The van der Waals surface area contributed by atoms with Crippen molar-refractivity contribution in [1.29, 1.82) is 0 Å². The van der Waals surface area contributed by atoms with Crippen LogP contribution in [0.4, 0.5) is 0 Å². The molecule has 0 N–H and O–H groups in total. The Morgan fingerprint density at radius 2 is 1.43 bits per heavy atom. The zero-order valence-corrected chi connectivity index (χ0v) is 23.3. The van der Waals surface area contributed by atoms with Gasteiger partial charge in [0.15, 0.2) is 5.58 Å². The minimum absolute atomic E-state index is 0.537. The number of hydrogen-bond donors (Lipinski definition) is 0. The lowest BCUT2D eigenvalue weighted by Crippen LogP contribution is -1.99. The van der Waals surface area contributed by atoms with E-state index in [0.29, 0.717) is 5.89 Å². The van der Waals surface area contributed by atoms with Crippen LogP contribution in [0.25, 0.3) is 72.7 Å². The molecule has 0 spiro atoms. The van der Waals surface area contributed by atoms with Crippen LogP contribution in [-0.4, -0.2) is 34.1 Å². The first-order valence-electron chi connectivity index (χ1n) is 14.3. The van der Waals surface area contributed by atoms with Gasteiger partial charge in [-0.3, -0.25) is 4.98 Å². The highest BCUT2D eigenvalue weighted by Gasteiger charge is 2.21. The lowest BCUT2D eigenvalue weighted by Gasteiger charge is -2.12. The fourth-order valence-electron chi connectivity index (χ4n) is 5.98. The largest absolute Gasteiger partial charge is 0.436 e. The van der Waals surface area contributed by atoms with Crippen LogP contribution in [-0.2, 0) is 0 Å². The zero-order chi connectivity index (χ0) is 29.0. The van der Waals surface area contributed by atoms with Crippen molar-refractivity contribution in [1.82, 2.24) is 34.1 Å². The number of nitrogens with zero attached hydrogens (tertiary/aromatic N) is 7. The summed E-state index contributed by atoms with van der Waals surface area (Å²) in [7, 11) is 0. The highest BCUT2D eigenvalue weighted by atomic mass is 16.3. The minimum atomic E-state index is 0.537. The number of para-hydroxylation sites is 2. The van der Waals surface area contributed by atoms with E-state index in [1.54, 1.807) is 12.4 Å². The van der Waals surface area contributed by atoms with Crippen molar-refractivity contribution in [3.8, 4) is 39.8 Å². The Hall–Kier alpha value is -6.28. The van der Waals surface area contributed by atoms with Crippen LogP contribution < -0.4 is 0 Å². The molecule has 0 unspecified atom stereocenters. The summed E-state index contributed by atoms with van der Waals surface area (Å²) in [4.78, 5) is 9.48. The number of rotatable bonds is 5. The third-order valence-electron chi connectivity index (χ3n) is 7.98. The molecule has 208 valence electrons. The van der Waals surface area contributed by atoms with E-state index < -0.39 is 0 Å². The van der Waals surface area contributed by atoms with Gasteiger partial charge >= 0.3 is 0 Å². The van der Waals surface area contributed by atoms with Gasteiger partial charge in [0.2, 0.25) is 5.89 Å². The van der Waals surface area contributed by atoms with E-state index in [0.717, 1.165) is 66.8 Å². The maximum Gasteiger partial charge on any atom is 0.229 e. The molecule has 9 rings (SSSR count). The highest BCUT2D eigenvalue weighted by molar-refractivity contribution is 6.12. The number of aromatic nitrogens is 7. The Morgan fingerprint density at radius 3 is 2.25 bits per heavy atom. The molecule has 0 fully saturated rings. The topological polar surface area (TPSA) is 79.5 Å². The molecular weight excluding hydrogens is 546 g/mol. The van der Waals surface area contributed by atoms with Crippen molar-refractivity contribution in [2.75, 3.05) is 0 Å². The molecule has 0 atom stereocenters. The first-order valence-corrected chi connectivity index (χ1v) is 14.3. The van der Waals surface area contributed by atoms with E-state index in [-0.39, 0.29) is 0 Å². The number of benzene rings is 4.